The monoisotopic (exact) mass is 405 g/mol. The average molecular weight is 406 g/mol. The van der Waals surface area contributed by atoms with Gasteiger partial charge < -0.3 is 9.47 Å². The molecule has 8 nitrogen and oxygen atoms in total. The van der Waals surface area contributed by atoms with Crippen molar-refractivity contribution >= 4 is 17.5 Å². The summed E-state index contributed by atoms with van der Waals surface area (Å²) in [6.07, 6.45) is 4.96. The fourth-order valence-electron chi connectivity index (χ4n) is 4.70. The zero-order valence-electron chi connectivity index (χ0n) is 16.8. The van der Waals surface area contributed by atoms with Crippen LogP contribution in [0.5, 0.6) is 0 Å². The highest BCUT2D eigenvalue weighted by Gasteiger charge is 2.46. The Labute approximate surface area is 170 Å². The summed E-state index contributed by atoms with van der Waals surface area (Å²) in [7, 11) is 1.88. The van der Waals surface area contributed by atoms with Crippen molar-refractivity contribution in [1.82, 2.24) is 34.3 Å². The van der Waals surface area contributed by atoms with Gasteiger partial charge in [-0.05, 0) is 19.8 Å². The van der Waals surface area contributed by atoms with Gasteiger partial charge in [-0.15, -0.1) is 10.2 Å². The summed E-state index contributed by atoms with van der Waals surface area (Å²) >= 11 is 6.49. The summed E-state index contributed by atoms with van der Waals surface area (Å²) in [5.41, 5.74) is 2.16. The lowest BCUT2D eigenvalue weighted by molar-refractivity contribution is -0.129. The van der Waals surface area contributed by atoms with E-state index in [2.05, 4.69) is 38.9 Å². The molecule has 4 heterocycles. The number of rotatable bonds is 7. The minimum Gasteiger partial charge on any atom is -0.338 e. The van der Waals surface area contributed by atoms with Crippen molar-refractivity contribution < 1.29 is 4.79 Å². The summed E-state index contributed by atoms with van der Waals surface area (Å²) in [4.78, 5) is 17.2. The molecule has 152 valence electrons. The van der Waals surface area contributed by atoms with Crippen LogP contribution in [0.2, 0.25) is 5.15 Å². The van der Waals surface area contributed by atoms with E-state index in [1.54, 1.807) is 11.0 Å². The molecule has 2 fully saturated rings. The average Bonchev–Trinajstić information content (AvgIpc) is 3.42. The second kappa shape index (κ2) is 7.83. The number of likely N-dealkylation sites (tertiary alicyclic amines) is 2. The van der Waals surface area contributed by atoms with Crippen LogP contribution in [0.3, 0.4) is 0 Å². The quantitative estimate of drug-likeness (QED) is 0.700. The van der Waals surface area contributed by atoms with E-state index in [9.17, 15) is 4.79 Å². The lowest BCUT2D eigenvalue weighted by Gasteiger charge is -2.25. The molecule has 0 aliphatic carbocycles. The van der Waals surface area contributed by atoms with Gasteiger partial charge in [0.25, 0.3) is 0 Å². The van der Waals surface area contributed by atoms with Crippen molar-refractivity contribution in [2.75, 3.05) is 13.1 Å². The Morgan fingerprint density at radius 2 is 2.11 bits per heavy atom. The van der Waals surface area contributed by atoms with Crippen LogP contribution in [0, 0.1) is 0 Å². The largest absolute Gasteiger partial charge is 0.338 e. The molecule has 0 spiro atoms. The SMILES string of the molecule is CCc1nn(C)c(Cl)c1CN1CCC2C1CC(=O)N2CCc1nncn1CC. The van der Waals surface area contributed by atoms with E-state index in [-0.39, 0.29) is 18.0 Å². The van der Waals surface area contributed by atoms with E-state index < -0.39 is 0 Å². The molecule has 0 saturated carbocycles. The predicted molar refractivity (Wildman–Crippen MR) is 106 cm³/mol. The van der Waals surface area contributed by atoms with Crippen molar-refractivity contribution in [3.05, 3.63) is 28.6 Å². The Kier molecular flexibility index (Phi) is 5.42. The maximum Gasteiger partial charge on any atom is 0.224 e. The third-order valence-corrected chi connectivity index (χ3v) is 6.66. The number of aromatic nitrogens is 5. The molecule has 4 rings (SSSR count). The molecule has 2 unspecified atom stereocenters. The van der Waals surface area contributed by atoms with Crippen LogP contribution in [0.25, 0.3) is 0 Å². The maximum absolute atomic E-state index is 12.7. The van der Waals surface area contributed by atoms with Crippen molar-refractivity contribution in [3.8, 4) is 0 Å². The van der Waals surface area contributed by atoms with Crippen molar-refractivity contribution in [2.24, 2.45) is 7.05 Å². The van der Waals surface area contributed by atoms with Gasteiger partial charge in [-0.1, -0.05) is 18.5 Å². The van der Waals surface area contributed by atoms with Crippen LogP contribution in [0.1, 0.15) is 43.8 Å². The van der Waals surface area contributed by atoms with Gasteiger partial charge in [0, 0.05) is 63.7 Å². The van der Waals surface area contributed by atoms with Gasteiger partial charge in [0.1, 0.15) is 17.3 Å². The Morgan fingerprint density at radius 3 is 2.86 bits per heavy atom. The molecule has 1 amide bonds. The van der Waals surface area contributed by atoms with Gasteiger partial charge in [0.2, 0.25) is 5.91 Å². The molecule has 0 aromatic carbocycles. The second-order valence-electron chi connectivity index (χ2n) is 7.66. The fourth-order valence-corrected chi connectivity index (χ4v) is 4.90. The van der Waals surface area contributed by atoms with Gasteiger partial charge in [0.15, 0.2) is 0 Å². The number of hydrogen-bond donors (Lipinski definition) is 0. The molecule has 0 radical (unpaired) electrons. The standard InChI is InChI=1S/C19H28ClN7O/c1-4-14-13(19(20)24(3)23-14)11-26-8-6-15-16(26)10-18(28)27(15)9-7-17-22-21-12-25(17)5-2/h12,15-16H,4-11H2,1-3H3. The third kappa shape index (κ3) is 3.33. The van der Waals surface area contributed by atoms with Gasteiger partial charge in [0.05, 0.1) is 5.69 Å². The molecule has 2 aromatic rings. The molecule has 2 atom stereocenters. The first-order chi connectivity index (χ1) is 13.5. The normalized spacial score (nSPS) is 22.4. The predicted octanol–water partition coefficient (Wildman–Crippen LogP) is 1.67. The number of carbonyl (C=O) groups is 1. The lowest BCUT2D eigenvalue weighted by atomic mass is 10.1. The number of fused-ring (bicyclic) bond motifs is 1. The third-order valence-electron chi connectivity index (χ3n) is 6.19. The van der Waals surface area contributed by atoms with Crippen LogP contribution < -0.4 is 0 Å². The van der Waals surface area contributed by atoms with Crippen molar-refractivity contribution in [3.63, 3.8) is 0 Å². The molecule has 9 heteroatoms. The van der Waals surface area contributed by atoms with Crippen LogP contribution in [0.15, 0.2) is 6.33 Å². The molecule has 2 saturated heterocycles. The highest BCUT2D eigenvalue weighted by atomic mass is 35.5. The smallest absolute Gasteiger partial charge is 0.224 e. The minimum atomic E-state index is 0.246. The van der Waals surface area contributed by atoms with Crippen molar-refractivity contribution in [2.45, 2.75) is 64.7 Å². The van der Waals surface area contributed by atoms with Gasteiger partial charge >= 0.3 is 0 Å². The number of amides is 1. The summed E-state index contributed by atoms with van der Waals surface area (Å²) in [6.45, 7) is 7.49. The fraction of sp³-hybridized carbons (Fsp3) is 0.684. The highest BCUT2D eigenvalue weighted by molar-refractivity contribution is 6.30. The molecule has 28 heavy (non-hydrogen) atoms. The second-order valence-corrected chi connectivity index (χ2v) is 8.02. The minimum absolute atomic E-state index is 0.246. The van der Waals surface area contributed by atoms with Gasteiger partial charge in [-0.25, -0.2) is 0 Å². The molecular weight excluding hydrogens is 378 g/mol. The first-order valence-electron chi connectivity index (χ1n) is 10.1. The number of aryl methyl sites for hydroxylation is 3. The van der Waals surface area contributed by atoms with Crippen LogP contribution in [-0.2, 0) is 37.8 Å². The van der Waals surface area contributed by atoms with Crippen LogP contribution >= 0.6 is 11.6 Å². The van der Waals surface area contributed by atoms with E-state index in [1.165, 1.54) is 0 Å². The zero-order valence-corrected chi connectivity index (χ0v) is 17.6. The maximum atomic E-state index is 12.7. The number of halogens is 1. The van der Waals surface area contributed by atoms with Gasteiger partial charge in [-0.2, -0.15) is 5.10 Å². The van der Waals surface area contributed by atoms with Gasteiger partial charge in [-0.3, -0.25) is 14.4 Å². The Morgan fingerprint density at radius 1 is 1.29 bits per heavy atom. The topological polar surface area (TPSA) is 72.1 Å². The Bertz CT molecular complexity index is 861. The molecule has 0 N–H and O–H groups in total. The van der Waals surface area contributed by atoms with E-state index in [0.29, 0.717) is 18.1 Å². The molecular formula is C19H28ClN7O. The number of carbonyl (C=O) groups excluding carboxylic acids is 1. The number of hydrogen-bond acceptors (Lipinski definition) is 5. The van der Waals surface area contributed by atoms with E-state index >= 15 is 0 Å². The summed E-state index contributed by atoms with van der Waals surface area (Å²) in [6, 6.07) is 0.545. The Balaban J connectivity index is 1.44. The summed E-state index contributed by atoms with van der Waals surface area (Å²) in [5.74, 6) is 1.19. The summed E-state index contributed by atoms with van der Waals surface area (Å²) in [5, 5.41) is 13.4. The highest BCUT2D eigenvalue weighted by Crippen LogP contribution is 2.35. The van der Waals surface area contributed by atoms with Crippen LogP contribution in [0.4, 0.5) is 0 Å². The lowest BCUT2D eigenvalue weighted by Crippen LogP contribution is -2.38. The Hall–Kier alpha value is -1.93. The first kappa shape index (κ1) is 19.4. The van der Waals surface area contributed by atoms with E-state index in [0.717, 1.165) is 56.0 Å². The molecule has 0 bridgehead atoms. The summed E-state index contributed by atoms with van der Waals surface area (Å²) < 4.78 is 3.79. The molecule has 2 aliphatic rings. The first-order valence-corrected chi connectivity index (χ1v) is 10.5. The zero-order chi connectivity index (χ0) is 19.8. The van der Waals surface area contributed by atoms with Crippen LogP contribution in [-0.4, -0.2) is 65.4 Å². The molecule has 2 aromatic heterocycles. The number of nitrogens with zero attached hydrogens (tertiary/aromatic N) is 7. The molecule has 2 aliphatic heterocycles. The van der Waals surface area contributed by atoms with E-state index in [4.69, 9.17) is 11.6 Å². The van der Waals surface area contributed by atoms with Crippen molar-refractivity contribution in [1.29, 1.82) is 0 Å². The van der Waals surface area contributed by atoms with E-state index in [1.807, 2.05) is 11.6 Å².